The number of aromatic hydroxyl groups is 1. The van der Waals surface area contributed by atoms with Gasteiger partial charge < -0.3 is 20.8 Å². The lowest BCUT2D eigenvalue weighted by Crippen LogP contribution is -2.24. The fraction of sp³-hybridized carbons (Fsp3) is 0.0417. The number of carboxylic acids is 1. The molecule has 0 heterocycles. The fourth-order valence-corrected chi connectivity index (χ4v) is 3.67. The van der Waals surface area contributed by atoms with Crippen LogP contribution in [-0.4, -0.2) is 28.0 Å². The van der Waals surface area contributed by atoms with Gasteiger partial charge in [0.25, 0.3) is 11.8 Å². The van der Waals surface area contributed by atoms with E-state index in [4.69, 9.17) is 16.7 Å². The Kier molecular flexibility index (Phi) is 7.87. The van der Waals surface area contributed by atoms with Gasteiger partial charge in [0.2, 0.25) is 0 Å². The molecule has 0 spiro atoms. The maximum Gasteiger partial charge on any atom is 0.329 e. The summed E-state index contributed by atoms with van der Waals surface area (Å²) in [5.74, 6) is -2.16. The van der Waals surface area contributed by atoms with Gasteiger partial charge in [-0.05, 0) is 47.5 Å². The number of amides is 2. The average Bonchev–Trinajstić information content (AvgIpc) is 2.77. The summed E-state index contributed by atoms with van der Waals surface area (Å²) in [7, 11) is 0. The summed E-state index contributed by atoms with van der Waals surface area (Å²) in [4.78, 5) is 36.2. The third-order valence-electron chi connectivity index (χ3n) is 4.57. The highest BCUT2D eigenvalue weighted by Gasteiger charge is 2.21. The van der Waals surface area contributed by atoms with E-state index in [-0.39, 0.29) is 28.4 Å². The molecule has 0 aliphatic rings. The molecule has 0 unspecified atom stereocenters. The van der Waals surface area contributed by atoms with Gasteiger partial charge in [-0.3, -0.25) is 9.59 Å². The topological polar surface area (TPSA) is 116 Å². The van der Waals surface area contributed by atoms with Crippen molar-refractivity contribution in [2.45, 2.75) is 6.54 Å². The van der Waals surface area contributed by atoms with Gasteiger partial charge in [0.15, 0.2) is 0 Å². The maximum absolute atomic E-state index is 13.0. The van der Waals surface area contributed by atoms with Crippen LogP contribution in [0.4, 0.5) is 0 Å². The Labute approximate surface area is 202 Å². The number of aliphatic carboxylic acids is 1. The first-order valence-electron chi connectivity index (χ1n) is 9.61. The number of phenols is 1. The number of halogens is 2. The molecule has 0 aliphatic carbocycles. The molecule has 0 aliphatic heterocycles. The van der Waals surface area contributed by atoms with E-state index in [0.29, 0.717) is 16.7 Å². The number of benzene rings is 3. The molecule has 2 amide bonds. The van der Waals surface area contributed by atoms with Crippen LogP contribution < -0.4 is 10.6 Å². The fourth-order valence-electron chi connectivity index (χ4n) is 3.05. The van der Waals surface area contributed by atoms with E-state index in [9.17, 15) is 19.5 Å². The van der Waals surface area contributed by atoms with E-state index in [1.807, 2.05) is 0 Å². The van der Waals surface area contributed by atoms with Gasteiger partial charge in [-0.2, -0.15) is 0 Å². The van der Waals surface area contributed by atoms with Gasteiger partial charge in [0, 0.05) is 34.4 Å². The molecular formula is C24H18BrClN2O5. The van der Waals surface area contributed by atoms with Crippen LogP contribution in [0.3, 0.4) is 0 Å². The third kappa shape index (κ3) is 6.21. The molecule has 0 aromatic heterocycles. The van der Waals surface area contributed by atoms with Gasteiger partial charge in [-0.1, -0.05) is 51.8 Å². The van der Waals surface area contributed by atoms with E-state index in [0.717, 1.165) is 16.7 Å². The van der Waals surface area contributed by atoms with Crippen molar-refractivity contribution in [2.75, 3.05) is 0 Å². The van der Waals surface area contributed by atoms with Crippen LogP contribution in [0.15, 0.2) is 77.4 Å². The molecule has 0 bridgehead atoms. The highest BCUT2D eigenvalue weighted by molar-refractivity contribution is 9.10. The molecule has 0 radical (unpaired) electrons. The molecule has 3 aromatic rings. The van der Waals surface area contributed by atoms with Crippen LogP contribution in [-0.2, 0) is 11.3 Å². The predicted octanol–water partition coefficient (Wildman–Crippen LogP) is 4.73. The molecule has 33 heavy (non-hydrogen) atoms. The van der Waals surface area contributed by atoms with Crippen molar-refractivity contribution >= 4 is 45.3 Å². The minimum Gasteiger partial charge on any atom is -0.508 e. The van der Waals surface area contributed by atoms with Crippen LogP contribution in [0.2, 0.25) is 5.02 Å². The smallest absolute Gasteiger partial charge is 0.329 e. The first kappa shape index (κ1) is 24.0. The molecule has 4 N–H and O–H groups in total. The van der Waals surface area contributed by atoms with Gasteiger partial charge in [0.05, 0.1) is 10.6 Å². The van der Waals surface area contributed by atoms with Crippen LogP contribution in [0.1, 0.15) is 26.3 Å². The van der Waals surface area contributed by atoms with Crippen LogP contribution >= 0.6 is 27.5 Å². The van der Waals surface area contributed by atoms with Gasteiger partial charge >= 0.3 is 5.97 Å². The largest absolute Gasteiger partial charge is 0.508 e. The first-order chi connectivity index (χ1) is 15.8. The Morgan fingerprint density at radius 3 is 2.33 bits per heavy atom. The highest BCUT2D eigenvalue weighted by atomic mass is 79.9. The Morgan fingerprint density at radius 2 is 1.67 bits per heavy atom. The number of phenolic OH excluding ortho intramolecular Hbond substituents is 1. The van der Waals surface area contributed by atoms with E-state index >= 15 is 0 Å². The Bertz CT molecular complexity index is 1240. The Morgan fingerprint density at radius 1 is 0.970 bits per heavy atom. The van der Waals surface area contributed by atoms with Crippen LogP contribution in [0.25, 0.3) is 11.1 Å². The standard InChI is InChI=1S/C24H18BrClN2O5/c25-16-6-4-15(5-7-16)21-18(23(32)28-13-14-2-1-3-17(29)12-14)8-9-19(22(21)26)24(33)27-11-10-20(30)31/h1-12,29H,13H2,(H,27,33)(H,28,32)(H,30,31). The van der Waals surface area contributed by atoms with E-state index in [1.165, 1.54) is 18.2 Å². The number of hydrogen-bond donors (Lipinski definition) is 4. The average molecular weight is 530 g/mol. The van der Waals surface area contributed by atoms with Crippen LogP contribution in [0, 0.1) is 0 Å². The monoisotopic (exact) mass is 528 g/mol. The van der Waals surface area contributed by atoms with Gasteiger partial charge in [-0.15, -0.1) is 0 Å². The van der Waals surface area contributed by atoms with Gasteiger partial charge in [-0.25, -0.2) is 4.79 Å². The summed E-state index contributed by atoms with van der Waals surface area (Å²) in [5.41, 5.74) is 2.00. The second-order valence-electron chi connectivity index (χ2n) is 6.85. The van der Waals surface area contributed by atoms with E-state index < -0.39 is 17.8 Å². The molecule has 9 heteroatoms. The highest BCUT2D eigenvalue weighted by Crippen LogP contribution is 2.35. The number of hydrogen-bond acceptors (Lipinski definition) is 4. The molecule has 168 valence electrons. The zero-order valence-electron chi connectivity index (χ0n) is 17.0. The van der Waals surface area contributed by atoms with Crippen molar-refractivity contribution in [1.29, 1.82) is 0 Å². The number of carbonyl (C=O) groups excluding carboxylic acids is 2. The molecular weight excluding hydrogens is 512 g/mol. The molecule has 0 saturated heterocycles. The molecule has 7 nitrogen and oxygen atoms in total. The van der Waals surface area contributed by atoms with E-state index in [1.54, 1.807) is 42.5 Å². The van der Waals surface area contributed by atoms with Crippen molar-refractivity contribution in [2.24, 2.45) is 0 Å². The lowest BCUT2D eigenvalue weighted by atomic mass is 9.96. The molecule has 0 saturated carbocycles. The van der Waals surface area contributed by atoms with Crippen LogP contribution in [0.5, 0.6) is 5.75 Å². The summed E-state index contributed by atoms with van der Waals surface area (Å²) >= 11 is 9.95. The summed E-state index contributed by atoms with van der Waals surface area (Å²) < 4.78 is 0.824. The third-order valence-corrected chi connectivity index (χ3v) is 5.49. The minimum atomic E-state index is -1.21. The summed E-state index contributed by atoms with van der Waals surface area (Å²) in [6.45, 7) is 0.173. The molecule has 3 rings (SSSR count). The van der Waals surface area contributed by atoms with E-state index in [2.05, 4.69) is 26.6 Å². The molecule has 0 fully saturated rings. The first-order valence-corrected chi connectivity index (χ1v) is 10.8. The molecule has 3 aromatic carbocycles. The Balaban J connectivity index is 1.97. The summed E-state index contributed by atoms with van der Waals surface area (Å²) in [6.07, 6.45) is 1.78. The summed E-state index contributed by atoms with van der Waals surface area (Å²) in [5, 5.41) is 23.5. The van der Waals surface area contributed by atoms with Crippen molar-refractivity contribution < 1.29 is 24.6 Å². The maximum atomic E-state index is 13.0. The number of rotatable bonds is 7. The SMILES string of the molecule is O=C(O)C=CNC(=O)c1ccc(C(=O)NCc2cccc(O)c2)c(-c2ccc(Br)cc2)c1Cl. The number of nitrogens with one attached hydrogen (secondary N) is 2. The zero-order valence-corrected chi connectivity index (χ0v) is 19.4. The van der Waals surface area contributed by atoms with Crippen molar-refractivity contribution in [3.8, 4) is 16.9 Å². The second-order valence-corrected chi connectivity index (χ2v) is 8.15. The normalized spacial score (nSPS) is 10.7. The minimum absolute atomic E-state index is 0.0450. The number of carboxylic acid groups (broad SMARTS) is 1. The lowest BCUT2D eigenvalue weighted by molar-refractivity contribution is -0.131. The van der Waals surface area contributed by atoms with Crippen molar-refractivity contribution in [1.82, 2.24) is 10.6 Å². The van der Waals surface area contributed by atoms with Crippen molar-refractivity contribution in [3.63, 3.8) is 0 Å². The number of carbonyl (C=O) groups is 3. The zero-order chi connectivity index (χ0) is 24.0. The second kappa shape index (κ2) is 10.8. The van der Waals surface area contributed by atoms with Crippen molar-refractivity contribution in [3.05, 3.63) is 99.1 Å². The molecule has 0 atom stereocenters. The Hall–Kier alpha value is -3.62. The predicted molar refractivity (Wildman–Crippen MR) is 128 cm³/mol. The van der Waals surface area contributed by atoms with Gasteiger partial charge in [0.1, 0.15) is 5.75 Å². The summed E-state index contributed by atoms with van der Waals surface area (Å²) in [6, 6.07) is 16.5. The lowest BCUT2D eigenvalue weighted by Gasteiger charge is -2.15. The quantitative estimate of drug-likeness (QED) is 0.330.